The van der Waals surface area contributed by atoms with E-state index < -0.39 is 13.7 Å². The smallest absolute Gasteiger partial charge is 0.451 e. The highest BCUT2D eigenvalue weighted by Gasteiger charge is 2.22. The molecule has 1 rings (SSSR count). The number of hydrogen-bond acceptors (Lipinski definition) is 2. The molecule has 0 aromatic carbocycles. The standard InChI is InChI=1S/C6H12N3O5P/c10-5(11)4-9-3-1-2-7-6(9)8-15(12,13)14/h1-4H2,(H,10,11)(H3,7,8,12,13,14). The van der Waals surface area contributed by atoms with Crippen LogP contribution in [0.4, 0.5) is 0 Å². The van der Waals surface area contributed by atoms with Crippen LogP contribution in [-0.4, -0.2) is 51.4 Å². The minimum Gasteiger partial charge on any atom is -0.480 e. The summed E-state index contributed by atoms with van der Waals surface area (Å²) in [4.78, 5) is 29.0. The Labute approximate surface area is 85.8 Å². The molecule has 0 aliphatic carbocycles. The molecule has 0 bridgehead atoms. The van der Waals surface area contributed by atoms with Crippen LogP contribution in [0, 0.1) is 0 Å². The Balaban J connectivity index is 2.78. The second-order valence-corrected chi connectivity index (χ2v) is 4.26. The van der Waals surface area contributed by atoms with Crippen LogP contribution < -0.4 is 5.32 Å². The Hall–Kier alpha value is -1.11. The van der Waals surface area contributed by atoms with Crippen molar-refractivity contribution in [2.24, 2.45) is 4.76 Å². The van der Waals surface area contributed by atoms with Gasteiger partial charge in [-0.2, -0.15) is 0 Å². The minimum atomic E-state index is -4.52. The van der Waals surface area contributed by atoms with Crippen LogP contribution in [0.1, 0.15) is 6.42 Å². The molecule has 0 spiro atoms. The maximum atomic E-state index is 10.6. The number of carboxylic acid groups (broad SMARTS) is 1. The lowest BCUT2D eigenvalue weighted by Gasteiger charge is -2.29. The number of nitrogens with one attached hydrogen (secondary N) is 1. The zero-order valence-electron chi connectivity index (χ0n) is 7.83. The largest absolute Gasteiger partial charge is 0.480 e. The lowest BCUT2D eigenvalue weighted by atomic mass is 10.3. The van der Waals surface area contributed by atoms with Gasteiger partial charge in [-0.05, 0) is 6.42 Å². The van der Waals surface area contributed by atoms with Gasteiger partial charge in [-0.25, -0.2) is 4.57 Å². The number of carboxylic acids is 1. The summed E-state index contributed by atoms with van der Waals surface area (Å²) < 4.78 is 13.8. The number of rotatable bonds is 3. The molecule has 1 saturated heterocycles. The van der Waals surface area contributed by atoms with Crippen molar-refractivity contribution in [2.45, 2.75) is 6.42 Å². The summed E-state index contributed by atoms with van der Waals surface area (Å²) in [6, 6.07) is 0. The highest BCUT2D eigenvalue weighted by molar-refractivity contribution is 7.50. The predicted octanol–water partition coefficient (Wildman–Crippen LogP) is -1.18. The van der Waals surface area contributed by atoms with Crippen LogP contribution in [0.3, 0.4) is 0 Å². The molecule has 0 atom stereocenters. The van der Waals surface area contributed by atoms with E-state index in [4.69, 9.17) is 14.9 Å². The maximum absolute atomic E-state index is 10.6. The summed E-state index contributed by atoms with van der Waals surface area (Å²) in [5, 5.41) is 11.2. The van der Waals surface area contributed by atoms with Gasteiger partial charge in [0.05, 0.1) is 0 Å². The minimum absolute atomic E-state index is 0.0583. The van der Waals surface area contributed by atoms with Crippen LogP contribution >= 0.6 is 7.75 Å². The second kappa shape index (κ2) is 4.61. The van der Waals surface area contributed by atoms with Crippen LogP contribution in [0.5, 0.6) is 0 Å². The fourth-order valence-electron chi connectivity index (χ4n) is 1.23. The Kier molecular flexibility index (Phi) is 3.67. The number of carbonyl (C=O) groups is 1. The van der Waals surface area contributed by atoms with Gasteiger partial charge in [-0.3, -0.25) is 4.79 Å². The first-order valence-electron chi connectivity index (χ1n) is 4.25. The second-order valence-electron chi connectivity index (χ2n) is 3.03. The Morgan fingerprint density at radius 2 is 2.27 bits per heavy atom. The molecule has 0 aromatic rings. The number of hydrogen-bond donors (Lipinski definition) is 4. The van der Waals surface area contributed by atoms with E-state index in [1.165, 1.54) is 4.90 Å². The van der Waals surface area contributed by atoms with Gasteiger partial charge in [0.1, 0.15) is 6.54 Å². The van der Waals surface area contributed by atoms with Gasteiger partial charge < -0.3 is 25.1 Å². The lowest BCUT2D eigenvalue weighted by molar-refractivity contribution is -0.137. The van der Waals surface area contributed by atoms with Crippen molar-refractivity contribution in [3.05, 3.63) is 0 Å². The molecule has 0 saturated carbocycles. The average molecular weight is 237 g/mol. The fourth-order valence-corrected chi connectivity index (χ4v) is 1.67. The van der Waals surface area contributed by atoms with E-state index in [9.17, 15) is 9.36 Å². The molecule has 1 fully saturated rings. The monoisotopic (exact) mass is 237 g/mol. The van der Waals surface area contributed by atoms with Gasteiger partial charge in [0, 0.05) is 13.1 Å². The molecule has 0 unspecified atom stereocenters. The van der Waals surface area contributed by atoms with Gasteiger partial charge in [0.25, 0.3) is 0 Å². The first-order valence-corrected chi connectivity index (χ1v) is 5.81. The van der Waals surface area contributed by atoms with Gasteiger partial charge >= 0.3 is 13.7 Å². The molecule has 0 amide bonds. The Bertz CT molecular complexity index is 325. The van der Waals surface area contributed by atoms with Crippen molar-refractivity contribution in [2.75, 3.05) is 19.6 Å². The number of nitrogens with zero attached hydrogens (tertiary/aromatic N) is 2. The number of guanidine groups is 1. The maximum Gasteiger partial charge on any atom is 0.451 e. The zero-order chi connectivity index (χ0) is 11.5. The van der Waals surface area contributed by atoms with Crippen molar-refractivity contribution in [3.63, 3.8) is 0 Å². The molecule has 1 heterocycles. The van der Waals surface area contributed by atoms with Gasteiger partial charge in [-0.1, -0.05) is 0 Å². The van der Waals surface area contributed by atoms with E-state index in [1.807, 2.05) is 0 Å². The molecule has 0 radical (unpaired) electrons. The van der Waals surface area contributed by atoms with E-state index in [1.54, 1.807) is 0 Å². The Morgan fingerprint density at radius 1 is 1.60 bits per heavy atom. The summed E-state index contributed by atoms with van der Waals surface area (Å²) in [6.07, 6.45) is 0.702. The van der Waals surface area contributed by atoms with Gasteiger partial charge in [0.15, 0.2) is 0 Å². The lowest BCUT2D eigenvalue weighted by Crippen LogP contribution is -2.49. The topological polar surface area (TPSA) is 122 Å². The molecule has 9 heteroatoms. The third kappa shape index (κ3) is 4.28. The van der Waals surface area contributed by atoms with E-state index in [-0.39, 0.29) is 12.5 Å². The fraction of sp³-hybridized carbons (Fsp3) is 0.667. The van der Waals surface area contributed by atoms with Crippen molar-refractivity contribution < 1.29 is 24.3 Å². The highest BCUT2D eigenvalue weighted by atomic mass is 31.2. The number of aliphatic carboxylic acids is 1. The van der Waals surface area contributed by atoms with Crippen LogP contribution in [0.2, 0.25) is 0 Å². The molecule has 15 heavy (non-hydrogen) atoms. The van der Waals surface area contributed by atoms with Gasteiger partial charge in [-0.15, -0.1) is 4.76 Å². The summed E-state index contributed by atoms with van der Waals surface area (Å²) >= 11 is 0. The first kappa shape index (κ1) is 12.0. The quantitative estimate of drug-likeness (QED) is 0.455. The summed E-state index contributed by atoms with van der Waals surface area (Å²) in [6.45, 7) is 0.610. The van der Waals surface area contributed by atoms with Crippen LogP contribution in [0.15, 0.2) is 4.76 Å². The summed E-state index contributed by atoms with van der Waals surface area (Å²) in [5.74, 6) is -1.13. The summed E-state index contributed by atoms with van der Waals surface area (Å²) in [7, 11) is -4.52. The molecular formula is C6H12N3O5P. The van der Waals surface area contributed by atoms with E-state index in [0.29, 0.717) is 19.5 Å². The van der Waals surface area contributed by atoms with Crippen molar-refractivity contribution >= 4 is 19.7 Å². The van der Waals surface area contributed by atoms with Crippen LogP contribution in [0.25, 0.3) is 0 Å². The third-order valence-electron chi connectivity index (χ3n) is 1.74. The van der Waals surface area contributed by atoms with Crippen molar-refractivity contribution in [1.29, 1.82) is 0 Å². The molecule has 1 aliphatic heterocycles. The van der Waals surface area contributed by atoms with Crippen LogP contribution in [-0.2, 0) is 9.36 Å². The van der Waals surface area contributed by atoms with E-state index in [0.717, 1.165) is 0 Å². The molecule has 0 aromatic heterocycles. The highest BCUT2D eigenvalue weighted by Crippen LogP contribution is 2.36. The van der Waals surface area contributed by atoms with E-state index >= 15 is 0 Å². The normalized spacial score (nSPS) is 20.1. The van der Waals surface area contributed by atoms with Crippen molar-refractivity contribution in [1.82, 2.24) is 10.2 Å². The first-order chi connectivity index (χ1) is 6.88. The molecule has 4 N–H and O–H groups in total. The molecule has 8 nitrogen and oxygen atoms in total. The van der Waals surface area contributed by atoms with E-state index in [2.05, 4.69) is 10.1 Å². The predicted molar refractivity (Wildman–Crippen MR) is 51.3 cm³/mol. The average Bonchev–Trinajstić information content (AvgIpc) is 2.05. The zero-order valence-corrected chi connectivity index (χ0v) is 8.72. The molecule has 1 aliphatic rings. The third-order valence-corrected chi connectivity index (χ3v) is 2.19. The molecule has 86 valence electrons. The Morgan fingerprint density at radius 3 is 2.80 bits per heavy atom. The SMILES string of the molecule is O=C(O)CN1CCCNC1=NP(=O)(O)O. The van der Waals surface area contributed by atoms with Crippen molar-refractivity contribution in [3.8, 4) is 0 Å². The summed E-state index contributed by atoms with van der Waals surface area (Å²) in [5.41, 5.74) is 0. The van der Waals surface area contributed by atoms with Gasteiger partial charge in [0.2, 0.25) is 5.96 Å². The molecular weight excluding hydrogens is 225 g/mol.